The molecule has 0 aliphatic carbocycles. The summed E-state index contributed by atoms with van der Waals surface area (Å²) in [7, 11) is 2.20. The summed E-state index contributed by atoms with van der Waals surface area (Å²) in [5.74, 6) is 1.62. The molecule has 0 spiro atoms. The van der Waals surface area contributed by atoms with Crippen molar-refractivity contribution in [1.29, 1.82) is 0 Å². The van der Waals surface area contributed by atoms with Crippen molar-refractivity contribution in [1.82, 2.24) is 24.6 Å². The lowest BCUT2D eigenvalue weighted by Gasteiger charge is -2.26. The molecular formula is C15H23N5O. The Balaban J connectivity index is 1.56. The molecule has 0 unspecified atom stereocenters. The van der Waals surface area contributed by atoms with Gasteiger partial charge in [-0.05, 0) is 39.2 Å². The summed E-state index contributed by atoms with van der Waals surface area (Å²) in [6.07, 6.45) is 6.81. The number of aromatic nitrogens is 3. The van der Waals surface area contributed by atoms with Gasteiger partial charge in [-0.1, -0.05) is 0 Å². The molecule has 21 heavy (non-hydrogen) atoms. The van der Waals surface area contributed by atoms with Crippen LogP contribution in [0, 0.1) is 0 Å². The van der Waals surface area contributed by atoms with Crippen LogP contribution in [0.25, 0.3) is 0 Å². The number of nitrogens with zero attached hydrogens (tertiary/aromatic N) is 5. The Bertz CT molecular complexity index is 554. The third-order valence-electron chi connectivity index (χ3n) is 5.49. The first-order valence-corrected chi connectivity index (χ1v) is 8.17. The molecular weight excluding hydrogens is 266 g/mol. The molecule has 4 heterocycles. The molecule has 3 aliphatic rings. The van der Waals surface area contributed by atoms with Gasteiger partial charge in [-0.25, -0.2) is 0 Å². The zero-order chi connectivity index (χ0) is 14.4. The van der Waals surface area contributed by atoms with E-state index in [2.05, 4.69) is 22.1 Å². The van der Waals surface area contributed by atoms with Crippen molar-refractivity contribution in [2.75, 3.05) is 20.1 Å². The fourth-order valence-corrected chi connectivity index (χ4v) is 4.10. The third-order valence-corrected chi connectivity index (χ3v) is 5.49. The molecule has 4 rings (SSSR count). The van der Waals surface area contributed by atoms with Gasteiger partial charge in [0.05, 0.1) is 0 Å². The number of amides is 1. The minimum Gasteiger partial charge on any atom is -0.334 e. The lowest BCUT2D eigenvalue weighted by Crippen LogP contribution is -2.40. The van der Waals surface area contributed by atoms with Crippen LogP contribution in [0.1, 0.15) is 48.5 Å². The largest absolute Gasteiger partial charge is 0.334 e. The molecule has 6 heteroatoms. The topological polar surface area (TPSA) is 54.3 Å². The quantitative estimate of drug-likeness (QED) is 0.771. The first-order chi connectivity index (χ1) is 10.2. The van der Waals surface area contributed by atoms with Crippen molar-refractivity contribution in [2.24, 2.45) is 0 Å². The minimum absolute atomic E-state index is 0.0802. The van der Waals surface area contributed by atoms with Gasteiger partial charge in [-0.2, -0.15) is 0 Å². The Hall–Kier alpha value is -1.43. The van der Waals surface area contributed by atoms with Gasteiger partial charge in [-0.3, -0.25) is 9.69 Å². The van der Waals surface area contributed by atoms with Crippen LogP contribution in [0.2, 0.25) is 0 Å². The Morgan fingerprint density at radius 3 is 2.86 bits per heavy atom. The summed E-state index contributed by atoms with van der Waals surface area (Å²) < 4.78 is 2.04. The highest BCUT2D eigenvalue weighted by Crippen LogP contribution is 2.29. The molecule has 2 atom stereocenters. The van der Waals surface area contributed by atoms with E-state index in [4.69, 9.17) is 0 Å². The van der Waals surface area contributed by atoms with E-state index >= 15 is 0 Å². The number of carbonyl (C=O) groups excluding carboxylic acids is 1. The second-order valence-corrected chi connectivity index (χ2v) is 6.64. The highest BCUT2D eigenvalue weighted by molar-refractivity contribution is 5.90. The lowest BCUT2D eigenvalue weighted by atomic mass is 10.1. The van der Waals surface area contributed by atoms with Gasteiger partial charge in [0.2, 0.25) is 5.82 Å². The number of fused-ring (bicyclic) bond motifs is 3. The summed E-state index contributed by atoms with van der Waals surface area (Å²) in [5, 5.41) is 8.41. The molecule has 1 aromatic rings. The molecule has 3 aliphatic heterocycles. The molecule has 0 saturated carbocycles. The van der Waals surface area contributed by atoms with Crippen LogP contribution in [0.3, 0.4) is 0 Å². The normalized spacial score (nSPS) is 29.3. The molecule has 1 aromatic heterocycles. The van der Waals surface area contributed by atoms with Crippen molar-refractivity contribution in [3.05, 3.63) is 11.6 Å². The SMILES string of the molecule is CN1[C@@H]2CC[C@H]1CN(C(=O)c1nnc3n1CCCC3)CC2. The van der Waals surface area contributed by atoms with Crippen LogP contribution in [0.15, 0.2) is 0 Å². The van der Waals surface area contributed by atoms with E-state index < -0.39 is 0 Å². The fraction of sp³-hybridized carbons (Fsp3) is 0.800. The van der Waals surface area contributed by atoms with Gasteiger partial charge < -0.3 is 9.47 Å². The van der Waals surface area contributed by atoms with Gasteiger partial charge in [-0.15, -0.1) is 10.2 Å². The maximum Gasteiger partial charge on any atom is 0.291 e. The number of likely N-dealkylation sites (N-methyl/N-ethyl adjacent to an activating group) is 1. The highest BCUT2D eigenvalue weighted by atomic mass is 16.2. The van der Waals surface area contributed by atoms with E-state index in [1.807, 2.05) is 9.47 Å². The fourth-order valence-electron chi connectivity index (χ4n) is 4.10. The maximum absolute atomic E-state index is 12.9. The third kappa shape index (κ3) is 2.16. The average Bonchev–Trinajstić information content (AvgIpc) is 3.00. The van der Waals surface area contributed by atoms with E-state index in [-0.39, 0.29) is 5.91 Å². The van der Waals surface area contributed by atoms with E-state index in [0.29, 0.717) is 17.9 Å². The van der Waals surface area contributed by atoms with Crippen LogP contribution in [0.4, 0.5) is 0 Å². The number of hydrogen-bond donors (Lipinski definition) is 0. The molecule has 6 nitrogen and oxygen atoms in total. The average molecular weight is 289 g/mol. The van der Waals surface area contributed by atoms with E-state index in [1.165, 1.54) is 12.8 Å². The molecule has 1 amide bonds. The van der Waals surface area contributed by atoms with Crippen LogP contribution in [0.5, 0.6) is 0 Å². The van der Waals surface area contributed by atoms with Crippen LogP contribution < -0.4 is 0 Å². The molecule has 2 bridgehead atoms. The zero-order valence-corrected chi connectivity index (χ0v) is 12.7. The number of likely N-dealkylation sites (tertiary alicyclic amines) is 1. The summed E-state index contributed by atoms with van der Waals surface area (Å²) in [6.45, 7) is 2.59. The Labute approximate surface area is 125 Å². The summed E-state index contributed by atoms with van der Waals surface area (Å²) >= 11 is 0. The number of carbonyl (C=O) groups is 1. The van der Waals surface area contributed by atoms with E-state index in [1.54, 1.807) is 0 Å². The van der Waals surface area contributed by atoms with Crippen molar-refractivity contribution >= 4 is 5.91 Å². The second-order valence-electron chi connectivity index (χ2n) is 6.64. The molecule has 0 radical (unpaired) electrons. The maximum atomic E-state index is 12.9. The first kappa shape index (κ1) is 13.2. The Morgan fingerprint density at radius 2 is 1.95 bits per heavy atom. The van der Waals surface area contributed by atoms with Crippen LogP contribution >= 0.6 is 0 Å². The predicted molar refractivity (Wildman–Crippen MR) is 78.1 cm³/mol. The first-order valence-electron chi connectivity index (χ1n) is 8.17. The molecule has 0 aromatic carbocycles. The highest BCUT2D eigenvalue weighted by Gasteiger charge is 2.37. The number of hydrogen-bond acceptors (Lipinski definition) is 4. The summed E-state index contributed by atoms with van der Waals surface area (Å²) in [4.78, 5) is 17.3. The number of rotatable bonds is 1. The standard InChI is InChI=1S/C15H23N5O/c1-18-11-5-6-12(18)10-19(9-7-11)15(21)14-17-16-13-4-2-3-8-20(13)14/h11-12H,2-10H2,1H3/t11-,12+/m1/s1. The van der Waals surface area contributed by atoms with Gasteiger partial charge >= 0.3 is 0 Å². The van der Waals surface area contributed by atoms with E-state index in [0.717, 1.165) is 51.1 Å². The monoisotopic (exact) mass is 289 g/mol. The van der Waals surface area contributed by atoms with Crippen molar-refractivity contribution in [3.8, 4) is 0 Å². The Morgan fingerprint density at radius 1 is 1.10 bits per heavy atom. The van der Waals surface area contributed by atoms with Crippen molar-refractivity contribution in [2.45, 2.75) is 57.2 Å². The summed E-state index contributed by atoms with van der Waals surface area (Å²) in [6, 6.07) is 1.17. The molecule has 2 fully saturated rings. The van der Waals surface area contributed by atoms with Gasteiger partial charge in [0.1, 0.15) is 5.82 Å². The van der Waals surface area contributed by atoms with Gasteiger partial charge in [0.15, 0.2) is 0 Å². The molecule has 114 valence electrons. The molecule has 2 saturated heterocycles. The Kier molecular flexibility index (Phi) is 3.21. The van der Waals surface area contributed by atoms with Crippen molar-refractivity contribution in [3.63, 3.8) is 0 Å². The van der Waals surface area contributed by atoms with Crippen molar-refractivity contribution < 1.29 is 4.79 Å². The van der Waals surface area contributed by atoms with Gasteiger partial charge in [0, 0.05) is 38.1 Å². The van der Waals surface area contributed by atoms with Gasteiger partial charge in [0.25, 0.3) is 5.91 Å². The smallest absolute Gasteiger partial charge is 0.291 e. The zero-order valence-electron chi connectivity index (χ0n) is 12.7. The second kappa shape index (κ2) is 5.09. The predicted octanol–water partition coefficient (Wildman–Crippen LogP) is 0.923. The summed E-state index contributed by atoms with van der Waals surface area (Å²) in [5.41, 5.74) is 0. The minimum atomic E-state index is 0.0802. The number of aryl methyl sites for hydroxylation is 1. The lowest BCUT2D eigenvalue weighted by molar-refractivity contribution is 0.0721. The van der Waals surface area contributed by atoms with Crippen LogP contribution in [-0.4, -0.2) is 62.7 Å². The van der Waals surface area contributed by atoms with E-state index in [9.17, 15) is 4.79 Å². The molecule has 0 N–H and O–H groups in total. The van der Waals surface area contributed by atoms with Crippen LogP contribution in [-0.2, 0) is 13.0 Å².